The summed E-state index contributed by atoms with van der Waals surface area (Å²) in [4.78, 5) is 37.9. The summed E-state index contributed by atoms with van der Waals surface area (Å²) in [6.07, 6.45) is 0.535. The number of fused-ring (bicyclic) bond motifs is 1. The number of piperidine rings is 1. The molecule has 1 fully saturated rings. The van der Waals surface area contributed by atoms with E-state index in [4.69, 9.17) is 16.3 Å². The highest BCUT2D eigenvalue weighted by molar-refractivity contribution is 6.31. The minimum Gasteiger partial charge on any atom is -0.488 e. The van der Waals surface area contributed by atoms with Crippen LogP contribution in [0.4, 0.5) is 0 Å². The van der Waals surface area contributed by atoms with Gasteiger partial charge >= 0.3 is 0 Å². The van der Waals surface area contributed by atoms with Crippen LogP contribution in [0.5, 0.6) is 5.75 Å². The number of hydrogen-bond acceptors (Lipinski definition) is 4. The maximum Gasteiger partial charge on any atom is 0.255 e. The molecule has 2 heterocycles. The van der Waals surface area contributed by atoms with Crippen LogP contribution >= 0.6 is 11.6 Å². The lowest BCUT2D eigenvalue weighted by molar-refractivity contribution is -0.136. The van der Waals surface area contributed by atoms with Crippen molar-refractivity contribution in [2.24, 2.45) is 0 Å². The van der Waals surface area contributed by atoms with Gasteiger partial charge in [0.1, 0.15) is 18.4 Å². The fourth-order valence-electron chi connectivity index (χ4n) is 3.46. The van der Waals surface area contributed by atoms with Crippen LogP contribution in [0.2, 0.25) is 5.02 Å². The van der Waals surface area contributed by atoms with Gasteiger partial charge in [0.05, 0.1) is 6.54 Å². The van der Waals surface area contributed by atoms with E-state index in [2.05, 4.69) is 5.32 Å². The number of amides is 3. The molecule has 1 unspecified atom stereocenters. The normalized spacial score (nSPS) is 19.1. The zero-order valence-corrected chi connectivity index (χ0v) is 15.2. The Morgan fingerprint density at radius 2 is 1.93 bits per heavy atom. The second-order valence-electron chi connectivity index (χ2n) is 6.60. The molecule has 0 aromatic heterocycles. The van der Waals surface area contributed by atoms with Crippen molar-refractivity contribution in [1.29, 1.82) is 0 Å². The Hall–Kier alpha value is -2.86. The number of hydrogen-bond donors (Lipinski definition) is 1. The van der Waals surface area contributed by atoms with Crippen LogP contribution in [0.1, 0.15) is 34.3 Å². The van der Waals surface area contributed by atoms with Crippen LogP contribution in [0.15, 0.2) is 42.5 Å². The zero-order chi connectivity index (χ0) is 19.0. The van der Waals surface area contributed by atoms with E-state index >= 15 is 0 Å². The lowest BCUT2D eigenvalue weighted by atomic mass is 10.0. The lowest BCUT2D eigenvalue weighted by Gasteiger charge is -2.29. The summed E-state index contributed by atoms with van der Waals surface area (Å²) < 4.78 is 5.93. The van der Waals surface area contributed by atoms with E-state index in [-0.39, 0.29) is 24.8 Å². The molecule has 2 aromatic rings. The molecule has 2 aliphatic heterocycles. The second kappa shape index (κ2) is 7.04. The van der Waals surface area contributed by atoms with Crippen LogP contribution in [-0.4, -0.2) is 28.7 Å². The Kier molecular flexibility index (Phi) is 4.58. The van der Waals surface area contributed by atoms with Crippen molar-refractivity contribution < 1.29 is 19.1 Å². The smallest absolute Gasteiger partial charge is 0.255 e. The van der Waals surface area contributed by atoms with Crippen molar-refractivity contribution in [1.82, 2.24) is 10.2 Å². The number of imide groups is 1. The van der Waals surface area contributed by atoms with Crippen LogP contribution in [0.3, 0.4) is 0 Å². The van der Waals surface area contributed by atoms with E-state index in [1.165, 1.54) is 4.90 Å². The van der Waals surface area contributed by atoms with Crippen LogP contribution < -0.4 is 10.1 Å². The van der Waals surface area contributed by atoms with E-state index < -0.39 is 11.9 Å². The molecule has 0 spiro atoms. The average Bonchev–Trinajstić information content (AvgIpc) is 2.97. The summed E-state index contributed by atoms with van der Waals surface area (Å²) in [5, 5.41) is 2.70. The highest BCUT2D eigenvalue weighted by atomic mass is 35.5. The molecule has 0 bridgehead atoms. The van der Waals surface area contributed by atoms with Gasteiger partial charge in [0, 0.05) is 22.6 Å². The van der Waals surface area contributed by atoms with E-state index in [0.29, 0.717) is 34.9 Å². The Morgan fingerprint density at radius 1 is 1.15 bits per heavy atom. The Bertz CT molecular complexity index is 929. The Labute approximate surface area is 161 Å². The van der Waals surface area contributed by atoms with Crippen LogP contribution in [0, 0.1) is 0 Å². The summed E-state index contributed by atoms with van der Waals surface area (Å²) >= 11 is 6.18. The van der Waals surface area contributed by atoms with Gasteiger partial charge in [-0.25, -0.2) is 0 Å². The van der Waals surface area contributed by atoms with Crippen molar-refractivity contribution in [3.63, 3.8) is 0 Å². The average molecular weight is 385 g/mol. The van der Waals surface area contributed by atoms with Gasteiger partial charge in [0.15, 0.2) is 0 Å². The fourth-order valence-corrected chi connectivity index (χ4v) is 3.67. The molecular weight excluding hydrogens is 368 g/mol. The highest BCUT2D eigenvalue weighted by Crippen LogP contribution is 2.36. The Morgan fingerprint density at radius 3 is 2.67 bits per heavy atom. The lowest BCUT2D eigenvalue weighted by Crippen LogP contribution is -2.52. The van der Waals surface area contributed by atoms with Crippen molar-refractivity contribution in [2.45, 2.75) is 32.0 Å². The number of nitrogens with one attached hydrogen (secondary N) is 1. The maximum absolute atomic E-state index is 12.8. The molecule has 27 heavy (non-hydrogen) atoms. The molecule has 3 amide bonds. The van der Waals surface area contributed by atoms with E-state index in [0.717, 1.165) is 5.56 Å². The number of ether oxygens (including phenoxy) is 1. The van der Waals surface area contributed by atoms with Crippen molar-refractivity contribution in [3.8, 4) is 5.75 Å². The molecule has 1 atom stereocenters. The molecule has 6 nitrogen and oxygen atoms in total. The first-order valence-corrected chi connectivity index (χ1v) is 9.04. The third-order valence-electron chi connectivity index (χ3n) is 4.82. The number of halogens is 1. The standard InChI is InChI=1S/C20H17ClN2O4/c21-13-8-14-15(17(9-13)27-11-12-4-2-1-3-5-12)10-23(20(14)26)16-6-7-18(24)22-19(16)25/h1-5,8-9,16H,6-7,10-11H2,(H,22,24,25). The number of carbonyl (C=O) groups excluding carboxylic acids is 3. The second-order valence-corrected chi connectivity index (χ2v) is 7.04. The van der Waals surface area contributed by atoms with E-state index in [9.17, 15) is 14.4 Å². The molecule has 138 valence electrons. The van der Waals surface area contributed by atoms with Gasteiger partial charge < -0.3 is 9.64 Å². The molecule has 2 aromatic carbocycles. The number of benzene rings is 2. The van der Waals surface area contributed by atoms with Gasteiger partial charge in [-0.3, -0.25) is 19.7 Å². The minimum absolute atomic E-state index is 0.217. The molecule has 1 saturated heterocycles. The number of carbonyl (C=O) groups is 3. The van der Waals surface area contributed by atoms with Gasteiger partial charge in [0.2, 0.25) is 11.8 Å². The van der Waals surface area contributed by atoms with Gasteiger partial charge in [-0.05, 0) is 24.1 Å². The number of nitrogens with zero attached hydrogens (tertiary/aromatic N) is 1. The minimum atomic E-state index is -0.664. The first-order chi connectivity index (χ1) is 13.0. The van der Waals surface area contributed by atoms with Gasteiger partial charge in [-0.1, -0.05) is 41.9 Å². The van der Waals surface area contributed by atoms with E-state index in [1.807, 2.05) is 30.3 Å². The molecule has 0 saturated carbocycles. The summed E-state index contributed by atoms with van der Waals surface area (Å²) in [5.41, 5.74) is 2.15. The zero-order valence-electron chi connectivity index (χ0n) is 14.4. The van der Waals surface area contributed by atoms with Gasteiger partial charge in [-0.15, -0.1) is 0 Å². The molecular formula is C20H17ClN2O4. The molecule has 7 heteroatoms. The summed E-state index contributed by atoms with van der Waals surface area (Å²) in [6, 6.07) is 12.3. The number of rotatable bonds is 4. The predicted molar refractivity (Wildman–Crippen MR) is 98.3 cm³/mol. The monoisotopic (exact) mass is 384 g/mol. The van der Waals surface area contributed by atoms with Crippen molar-refractivity contribution >= 4 is 29.3 Å². The Balaban J connectivity index is 1.59. The van der Waals surface area contributed by atoms with Crippen LogP contribution in [0.25, 0.3) is 0 Å². The molecule has 0 aliphatic carbocycles. The first-order valence-electron chi connectivity index (χ1n) is 8.67. The molecule has 0 radical (unpaired) electrons. The largest absolute Gasteiger partial charge is 0.488 e. The first kappa shape index (κ1) is 17.5. The SMILES string of the molecule is O=C1CCC(N2Cc3c(OCc4ccccc4)cc(Cl)cc3C2=O)C(=O)N1. The van der Waals surface area contributed by atoms with E-state index in [1.54, 1.807) is 12.1 Å². The molecule has 2 aliphatic rings. The van der Waals surface area contributed by atoms with Crippen molar-refractivity contribution in [2.75, 3.05) is 0 Å². The topological polar surface area (TPSA) is 75.7 Å². The summed E-state index contributed by atoms with van der Waals surface area (Å²) in [5.74, 6) is -0.489. The molecule has 1 N–H and O–H groups in total. The molecule has 4 rings (SSSR count). The highest BCUT2D eigenvalue weighted by Gasteiger charge is 2.40. The van der Waals surface area contributed by atoms with Crippen molar-refractivity contribution in [3.05, 3.63) is 64.2 Å². The quantitative estimate of drug-likeness (QED) is 0.822. The third kappa shape index (κ3) is 3.40. The van der Waals surface area contributed by atoms with Gasteiger partial charge in [-0.2, -0.15) is 0 Å². The van der Waals surface area contributed by atoms with Gasteiger partial charge in [0.25, 0.3) is 5.91 Å². The summed E-state index contributed by atoms with van der Waals surface area (Å²) in [6.45, 7) is 0.599. The maximum atomic E-state index is 12.8. The fraction of sp³-hybridized carbons (Fsp3) is 0.250. The third-order valence-corrected chi connectivity index (χ3v) is 5.04. The predicted octanol–water partition coefficient (Wildman–Crippen LogP) is 2.68. The summed E-state index contributed by atoms with van der Waals surface area (Å²) in [7, 11) is 0. The van der Waals surface area contributed by atoms with Crippen LogP contribution in [-0.2, 0) is 22.7 Å².